The van der Waals surface area contributed by atoms with Gasteiger partial charge in [0, 0.05) is 10.9 Å². The molecule has 0 aliphatic carbocycles. The van der Waals surface area contributed by atoms with Crippen LogP contribution in [0, 0.1) is 0 Å². The summed E-state index contributed by atoms with van der Waals surface area (Å²) in [5, 5.41) is 19.7. The number of hydrogen-bond acceptors (Lipinski definition) is 4. The number of nitrogens with one attached hydrogen (secondary N) is 1. The maximum Gasteiger partial charge on any atom is 0.0928 e. The first-order valence-corrected chi connectivity index (χ1v) is 7.04. The average molecular weight is 331 g/mol. The molecule has 5 nitrogen and oxygen atoms in total. The van der Waals surface area contributed by atoms with E-state index >= 15 is 0 Å². The first kappa shape index (κ1) is 17.0. The Morgan fingerprint density at radius 1 is 1.13 bits per heavy atom. The number of aromatic nitrogens is 2. The Hall–Kier alpha value is -2.37. The Morgan fingerprint density at radius 3 is 2.39 bits per heavy atom. The molecular weight excluding hydrogens is 312 g/mol. The lowest BCUT2D eigenvalue weighted by Crippen LogP contribution is -2.28. The van der Waals surface area contributed by atoms with Crippen molar-refractivity contribution in [2.24, 2.45) is 10.9 Å². The third-order valence-corrected chi connectivity index (χ3v) is 3.73. The molecule has 3 rings (SSSR count). The van der Waals surface area contributed by atoms with Crippen molar-refractivity contribution in [2.45, 2.75) is 19.4 Å². The highest BCUT2D eigenvalue weighted by molar-refractivity contribution is 5.98. The van der Waals surface area contributed by atoms with Crippen molar-refractivity contribution >= 4 is 29.5 Å². The highest BCUT2D eigenvalue weighted by Gasteiger charge is 2.13. The summed E-state index contributed by atoms with van der Waals surface area (Å²) in [7, 11) is 0. The lowest BCUT2D eigenvalue weighted by Gasteiger charge is -2.19. The minimum atomic E-state index is -0.349. The van der Waals surface area contributed by atoms with Crippen molar-refractivity contribution in [1.29, 1.82) is 0 Å². The van der Waals surface area contributed by atoms with Gasteiger partial charge in [-0.1, -0.05) is 35.5 Å². The van der Waals surface area contributed by atoms with Gasteiger partial charge in [-0.3, -0.25) is 5.10 Å². The third kappa shape index (κ3) is 3.36. The lowest BCUT2D eigenvalue weighted by atomic mass is 9.93. The second-order valence-corrected chi connectivity index (χ2v) is 5.91. The van der Waals surface area contributed by atoms with Gasteiger partial charge in [0.05, 0.1) is 17.4 Å². The number of rotatable bonds is 3. The molecular formula is C17H19ClN4O. The molecule has 0 bridgehead atoms. The van der Waals surface area contributed by atoms with Crippen molar-refractivity contribution < 1.29 is 5.21 Å². The largest absolute Gasteiger partial charge is 0.411 e. The lowest BCUT2D eigenvalue weighted by molar-refractivity contribution is 0.321. The van der Waals surface area contributed by atoms with Crippen LogP contribution in [-0.4, -0.2) is 21.6 Å². The Bertz CT molecular complexity index is 832. The SMILES string of the molecule is CC(C)(N)c1ccc(-c2ccc3n[nH]c(/C=N\O)c3c2)cc1.Cl. The maximum absolute atomic E-state index is 8.70. The van der Waals surface area contributed by atoms with E-state index in [1.54, 1.807) is 0 Å². The second-order valence-electron chi connectivity index (χ2n) is 5.91. The monoisotopic (exact) mass is 330 g/mol. The quantitative estimate of drug-likeness (QED) is 0.389. The molecule has 0 saturated heterocycles. The van der Waals surface area contributed by atoms with Gasteiger partial charge in [0.15, 0.2) is 0 Å². The first-order chi connectivity index (χ1) is 10.5. The van der Waals surface area contributed by atoms with Gasteiger partial charge in [0.2, 0.25) is 0 Å². The van der Waals surface area contributed by atoms with Crippen LogP contribution >= 0.6 is 12.4 Å². The molecule has 0 saturated carbocycles. The fourth-order valence-electron chi connectivity index (χ4n) is 2.46. The topological polar surface area (TPSA) is 87.3 Å². The van der Waals surface area contributed by atoms with E-state index in [0.29, 0.717) is 5.69 Å². The van der Waals surface area contributed by atoms with E-state index in [-0.39, 0.29) is 17.9 Å². The van der Waals surface area contributed by atoms with Crippen LogP contribution in [0.5, 0.6) is 0 Å². The number of nitrogens with zero attached hydrogens (tertiary/aromatic N) is 2. The maximum atomic E-state index is 8.70. The molecule has 4 N–H and O–H groups in total. The van der Waals surface area contributed by atoms with E-state index in [2.05, 4.69) is 27.5 Å². The minimum Gasteiger partial charge on any atom is -0.411 e. The molecule has 6 heteroatoms. The Kier molecular flexibility index (Phi) is 4.73. The summed E-state index contributed by atoms with van der Waals surface area (Å²) in [5.41, 5.74) is 10.5. The van der Waals surface area contributed by atoms with E-state index < -0.39 is 0 Å². The van der Waals surface area contributed by atoms with Crippen LogP contribution in [0.3, 0.4) is 0 Å². The van der Waals surface area contributed by atoms with Crippen LogP contribution in [-0.2, 0) is 5.54 Å². The van der Waals surface area contributed by atoms with Crippen LogP contribution in [0.15, 0.2) is 47.6 Å². The molecule has 0 aliphatic rings. The molecule has 0 atom stereocenters. The predicted molar refractivity (Wildman–Crippen MR) is 95.4 cm³/mol. The van der Waals surface area contributed by atoms with Gasteiger partial charge in [0.1, 0.15) is 0 Å². The van der Waals surface area contributed by atoms with Crippen LogP contribution < -0.4 is 5.73 Å². The molecule has 0 aliphatic heterocycles. The second kappa shape index (κ2) is 6.40. The molecule has 0 radical (unpaired) electrons. The van der Waals surface area contributed by atoms with E-state index in [0.717, 1.165) is 27.6 Å². The molecule has 120 valence electrons. The van der Waals surface area contributed by atoms with Crippen molar-refractivity contribution in [2.75, 3.05) is 0 Å². The number of fused-ring (bicyclic) bond motifs is 1. The molecule has 0 amide bonds. The highest BCUT2D eigenvalue weighted by atomic mass is 35.5. The van der Waals surface area contributed by atoms with Gasteiger partial charge in [-0.25, -0.2) is 0 Å². The molecule has 1 aromatic heterocycles. The first-order valence-electron chi connectivity index (χ1n) is 7.04. The zero-order chi connectivity index (χ0) is 15.7. The van der Waals surface area contributed by atoms with E-state index in [1.807, 2.05) is 44.2 Å². The minimum absolute atomic E-state index is 0. The Balaban J connectivity index is 0.00000192. The average Bonchev–Trinajstić information content (AvgIpc) is 2.89. The summed E-state index contributed by atoms with van der Waals surface area (Å²) in [6.07, 6.45) is 1.35. The summed E-state index contributed by atoms with van der Waals surface area (Å²) in [6, 6.07) is 14.2. The number of H-pyrrole nitrogens is 1. The zero-order valence-corrected chi connectivity index (χ0v) is 13.8. The molecule has 0 unspecified atom stereocenters. The predicted octanol–water partition coefficient (Wildman–Crippen LogP) is 3.65. The smallest absolute Gasteiger partial charge is 0.0928 e. The van der Waals surface area contributed by atoms with E-state index in [9.17, 15) is 0 Å². The molecule has 3 aromatic rings. The third-order valence-electron chi connectivity index (χ3n) is 3.73. The number of benzene rings is 2. The van der Waals surface area contributed by atoms with Crippen LogP contribution in [0.2, 0.25) is 0 Å². The van der Waals surface area contributed by atoms with Crippen molar-refractivity contribution in [3.05, 3.63) is 53.7 Å². The van der Waals surface area contributed by atoms with Gasteiger partial charge in [-0.15, -0.1) is 12.4 Å². The molecule has 2 aromatic carbocycles. The summed E-state index contributed by atoms with van der Waals surface area (Å²) < 4.78 is 0. The van der Waals surface area contributed by atoms with Crippen LogP contribution in [0.25, 0.3) is 22.0 Å². The summed E-state index contributed by atoms with van der Waals surface area (Å²) in [5.74, 6) is 0. The van der Waals surface area contributed by atoms with Gasteiger partial charge in [0.25, 0.3) is 0 Å². The zero-order valence-electron chi connectivity index (χ0n) is 12.9. The van der Waals surface area contributed by atoms with Crippen molar-refractivity contribution in [3.8, 4) is 11.1 Å². The molecule has 1 heterocycles. The van der Waals surface area contributed by atoms with Crippen LogP contribution in [0.1, 0.15) is 25.1 Å². The molecule has 23 heavy (non-hydrogen) atoms. The summed E-state index contributed by atoms with van der Waals surface area (Å²) >= 11 is 0. The number of hydrogen-bond donors (Lipinski definition) is 3. The number of nitrogens with two attached hydrogens (primary N) is 1. The Labute approximate surface area is 140 Å². The summed E-state index contributed by atoms with van der Waals surface area (Å²) in [6.45, 7) is 3.97. The van der Waals surface area contributed by atoms with Gasteiger partial charge < -0.3 is 10.9 Å². The van der Waals surface area contributed by atoms with Gasteiger partial charge in [-0.2, -0.15) is 5.10 Å². The van der Waals surface area contributed by atoms with Crippen molar-refractivity contribution in [1.82, 2.24) is 10.2 Å². The highest BCUT2D eigenvalue weighted by Crippen LogP contribution is 2.27. The molecule has 0 fully saturated rings. The number of halogens is 1. The fraction of sp³-hybridized carbons (Fsp3) is 0.176. The standard InChI is InChI=1S/C17H18N4O.ClH/c1-17(2,18)13-6-3-11(4-7-13)12-5-8-15-14(9-12)16(10-19-22)21-20-15;/h3-10,22H,18H2,1-2H3,(H,20,21);1H/b19-10-;. The van der Waals surface area contributed by atoms with E-state index in [4.69, 9.17) is 10.9 Å². The van der Waals surface area contributed by atoms with Gasteiger partial charge >= 0.3 is 0 Å². The van der Waals surface area contributed by atoms with E-state index in [1.165, 1.54) is 6.21 Å². The summed E-state index contributed by atoms with van der Waals surface area (Å²) in [4.78, 5) is 0. The Morgan fingerprint density at radius 2 is 1.78 bits per heavy atom. The number of oxime groups is 1. The van der Waals surface area contributed by atoms with Crippen molar-refractivity contribution in [3.63, 3.8) is 0 Å². The number of aromatic amines is 1. The fourth-order valence-corrected chi connectivity index (χ4v) is 2.46. The van der Waals surface area contributed by atoms with Gasteiger partial charge in [-0.05, 0) is 42.7 Å². The molecule has 0 spiro atoms. The van der Waals surface area contributed by atoms with Crippen LogP contribution in [0.4, 0.5) is 0 Å². The normalized spacial score (nSPS) is 11.8.